The van der Waals surface area contributed by atoms with E-state index in [4.69, 9.17) is 0 Å². The Bertz CT molecular complexity index is 2970. The van der Waals surface area contributed by atoms with Crippen molar-refractivity contribution in [3.63, 3.8) is 0 Å². The highest BCUT2D eigenvalue weighted by atomic mass is 15.3. The molecule has 8 aromatic carbocycles. The monoisotopic (exact) mass is 790 g/mol. The molecule has 299 valence electrons. The number of nitrogens with zero attached hydrogens (tertiary/aromatic N) is 3. The molecule has 0 saturated heterocycles. The highest BCUT2D eigenvalue weighted by Gasteiger charge is 2.47. The minimum Gasteiger partial charge on any atom is -0.345 e. The molecular weight excluding hydrogens is 739 g/mol. The standard InChI is InChI=1S/C58H52N3/c1-39(2)48-24-17-25-49(40(3)4)57(48)61-56(51-23-13-15-26-53(51)58(61,5)6)43-30-34-46(35-31-43)59(45-32-28-42(29-33-45)41-18-9-7-10-19-41)47-36-37-55-52(38-47)50-22-14-16-27-54(50)60(55)44-20-11-8-12-21-44/h7-40H,1-6H3. The van der Waals surface area contributed by atoms with Gasteiger partial charge in [0.1, 0.15) is 6.04 Å². The molecule has 0 amide bonds. The first-order valence-electron chi connectivity index (χ1n) is 21.8. The van der Waals surface area contributed by atoms with E-state index >= 15 is 0 Å². The van der Waals surface area contributed by atoms with Gasteiger partial charge in [-0.2, -0.15) is 0 Å². The van der Waals surface area contributed by atoms with Crippen molar-refractivity contribution in [2.45, 2.75) is 58.9 Å². The average molecular weight is 791 g/mol. The number of anilines is 4. The summed E-state index contributed by atoms with van der Waals surface area (Å²) in [7, 11) is 0. The topological polar surface area (TPSA) is 11.4 Å². The predicted molar refractivity (Wildman–Crippen MR) is 259 cm³/mol. The van der Waals surface area contributed by atoms with Gasteiger partial charge in [0.2, 0.25) is 0 Å². The first-order valence-corrected chi connectivity index (χ1v) is 21.8. The SMILES string of the molecule is CC(C)c1cccc(C(C)C)c1N1[C](c2ccc(N(c3ccc(-c4ccccc4)cc3)c3ccc4c(c3)c3ccccc3n4-c3ccccc3)cc2)c2ccccc2C1(C)C. The zero-order valence-electron chi connectivity index (χ0n) is 36.0. The molecule has 1 aliphatic rings. The number of aromatic nitrogens is 1. The number of rotatable bonds is 9. The molecule has 0 saturated carbocycles. The van der Waals surface area contributed by atoms with Crippen molar-refractivity contribution in [1.82, 2.24) is 4.57 Å². The van der Waals surface area contributed by atoms with Crippen LogP contribution in [0.3, 0.4) is 0 Å². The Morgan fingerprint density at radius 1 is 0.443 bits per heavy atom. The van der Waals surface area contributed by atoms with Gasteiger partial charge in [-0.05, 0) is 125 Å². The van der Waals surface area contributed by atoms with Crippen molar-refractivity contribution in [3.8, 4) is 16.8 Å². The van der Waals surface area contributed by atoms with E-state index in [1.54, 1.807) is 0 Å². The zero-order chi connectivity index (χ0) is 41.8. The van der Waals surface area contributed by atoms with E-state index in [9.17, 15) is 0 Å². The third-order valence-corrected chi connectivity index (χ3v) is 12.8. The Balaban J connectivity index is 1.13. The van der Waals surface area contributed by atoms with Crippen molar-refractivity contribution >= 4 is 44.6 Å². The van der Waals surface area contributed by atoms with Crippen LogP contribution in [0.2, 0.25) is 0 Å². The normalized spacial score (nSPS) is 13.7. The number of hydrogen-bond acceptors (Lipinski definition) is 2. The number of benzene rings is 8. The van der Waals surface area contributed by atoms with Gasteiger partial charge in [-0.25, -0.2) is 0 Å². The van der Waals surface area contributed by atoms with Gasteiger partial charge in [0.15, 0.2) is 0 Å². The molecule has 2 heterocycles. The molecule has 1 radical (unpaired) electrons. The maximum Gasteiger partial charge on any atom is 0.124 e. The molecule has 0 unspecified atom stereocenters. The van der Waals surface area contributed by atoms with Crippen LogP contribution < -0.4 is 9.80 Å². The van der Waals surface area contributed by atoms with Crippen LogP contribution >= 0.6 is 0 Å². The van der Waals surface area contributed by atoms with Crippen molar-refractivity contribution in [1.29, 1.82) is 0 Å². The third kappa shape index (κ3) is 6.51. The molecular formula is C58H52N3. The van der Waals surface area contributed by atoms with Gasteiger partial charge in [-0.1, -0.05) is 161 Å². The van der Waals surface area contributed by atoms with E-state index in [0.717, 1.165) is 22.7 Å². The number of para-hydroxylation sites is 3. The van der Waals surface area contributed by atoms with E-state index in [1.165, 1.54) is 72.5 Å². The molecule has 61 heavy (non-hydrogen) atoms. The molecule has 10 rings (SSSR count). The van der Waals surface area contributed by atoms with Gasteiger partial charge < -0.3 is 14.4 Å². The Morgan fingerprint density at radius 2 is 0.967 bits per heavy atom. The van der Waals surface area contributed by atoms with Crippen LogP contribution in [0.4, 0.5) is 22.7 Å². The zero-order valence-corrected chi connectivity index (χ0v) is 36.0. The quantitative estimate of drug-likeness (QED) is 0.144. The first-order chi connectivity index (χ1) is 29.7. The fourth-order valence-electron chi connectivity index (χ4n) is 9.79. The number of hydrogen-bond donors (Lipinski definition) is 0. The van der Waals surface area contributed by atoms with Gasteiger partial charge in [0.25, 0.3) is 0 Å². The molecule has 1 aromatic heterocycles. The van der Waals surface area contributed by atoms with Crippen LogP contribution in [-0.4, -0.2) is 4.57 Å². The maximum absolute atomic E-state index is 2.66. The lowest BCUT2D eigenvalue weighted by Gasteiger charge is -2.42. The van der Waals surface area contributed by atoms with E-state index in [2.05, 4.69) is 250 Å². The predicted octanol–water partition coefficient (Wildman–Crippen LogP) is 15.9. The summed E-state index contributed by atoms with van der Waals surface area (Å²) < 4.78 is 2.38. The lowest BCUT2D eigenvalue weighted by Crippen LogP contribution is -2.40. The second kappa shape index (κ2) is 15.3. The lowest BCUT2D eigenvalue weighted by molar-refractivity contribution is 0.529. The smallest absolute Gasteiger partial charge is 0.124 e. The van der Waals surface area contributed by atoms with Crippen molar-refractivity contribution < 1.29 is 0 Å². The Morgan fingerprint density at radius 3 is 1.62 bits per heavy atom. The Hall–Kier alpha value is -6.84. The van der Waals surface area contributed by atoms with Gasteiger partial charge in [0, 0.05) is 39.2 Å². The van der Waals surface area contributed by atoms with E-state index in [1.807, 2.05) is 0 Å². The van der Waals surface area contributed by atoms with Crippen molar-refractivity contribution in [2.75, 3.05) is 9.80 Å². The second-order valence-corrected chi connectivity index (χ2v) is 17.6. The summed E-state index contributed by atoms with van der Waals surface area (Å²) in [5.74, 6) is 0.746. The summed E-state index contributed by atoms with van der Waals surface area (Å²) in [6.07, 6.45) is 0. The van der Waals surface area contributed by atoms with Gasteiger partial charge >= 0.3 is 0 Å². The molecule has 9 aromatic rings. The largest absolute Gasteiger partial charge is 0.345 e. The number of fused-ring (bicyclic) bond motifs is 4. The van der Waals surface area contributed by atoms with Gasteiger partial charge in [-0.15, -0.1) is 0 Å². The van der Waals surface area contributed by atoms with Crippen LogP contribution in [0, 0.1) is 6.04 Å². The Kier molecular flexibility index (Phi) is 9.64. The lowest BCUT2D eigenvalue weighted by atomic mass is 9.88. The molecule has 1 aliphatic heterocycles. The Labute approximate surface area is 361 Å². The highest BCUT2D eigenvalue weighted by Crippen LogP contribution is 2.54. The molecule has 0 N–H and O–H groups in total. The van der Waals surface area contributed by atoms with Crippen LogP contribution in [0.15, 0.2) is 194 Å². The fourth-order valence-corrected chi connectivity index (χ4v) is 9.79. The summed E-state index contributed by atoms with van der Waals surface area (Å²) in [5.41, 5.74) is 17.0. The minimum absolute atomic E-state index is 0.264. The summed E-state index contributed by atoms with van der Waals surface area (Å²) in [6, 6.07) is 72.6. The summed E-state index contributed by atoms with van der Waals surface area (Å²) in [5, 5.41) is 2.46. The molecule has 0 bridgehead atoms. The first kappa shape index (κ1) is 38.4. The molecule has 0 spiro atoms. The minimum atomic E-state index is -0.264. The van der Waals surface area contributed by atoms with Crippen LogP contribution in [0.25, 0.3) is 38.6 Å². The third-order valence-electron chi connectivity index (χ3n) is 12.8. The average Bonchev–Trinajstić information content (AvgIpc) is 3.75. The van der Waals surface area contributed by atoms with Crippen LogP contribution in [0.1, 0.15) is 81.2 Å². The summed E-state index contributed by atoms with van der Waals surface area (Å²) in [4.78, 5) is 5.07. The highest BCUT2D eigenvalue weighted by molar-refractivity contribution is 6.10. The molecule has 3 heteroatoms. The molecule has 0 aliphatic carbocycles. The molecule has 3 nitrogen and oxygen atoms in total. The summed E-state index contributed by atoms with van der Waals surface area (Å²) in [6.45, 7) is 14.1. The maximum atomic E-state index is 2.66. The van der Waals surface area contributed by atoms with E-state index in [-0.39, 0.29) is 5.54 Å². The van der Waals surface area contributed by atoms with Crippen LogP contribution in [0.5, 0.6) is 0 Å². The van der Waals surface area contributed by atoms with Crippen molar-refractivity contribution in [3.05, 3.63) is 228 Å². The van der Waals surface area contributed by atoms with Gasteiger partial charge in [-0.3, -0.25) is 0 Å². The van der Waals surface area contributed by atoms with Crippen molar-refractivity contribution in [2.24, 2.45) is 0 Å². The fraction of sp³-hybridized carbons (Fsp3) is 0.155. The van der Waals surface area contributed by atoms with Crippen LogP contribution in [-0.2, 0) is 5.54 Å². The second-order valence-electron chi connectivity index (χ2n) is 17.6. The van der Waals surface area contributed by atoms with E-state index < -0.39 is 0 Å². The van der Waals surface area contributed by atoms with E-state index in [0.29, 0.717) is 11.8 Å². The molecule has 0 atom stereocenters. The molecule has 0 fully saturated rings. The summed E-state index contributed by atoms with van der Waals surface area (Å²) >= 11 is 0. The van der Waals surface area contributed by atoms with Gasteiger partial charge in [0.05, 0.1) is 16.6 Å².